The lowest BCUT2D eigenvalue weighted by atomic mass is 10.1. The second-order valence-corrected chi connectivity index (χ2v) is 12.6. The van der Waals surface area contributed by atoms with Crippen LogP contribution in [0.2, 0.25) is 0 Å². The van der Waals surface area contributed by atoms with Gasteiger partial charge in [-0.1, -0.05) is 129 Å². The van der Waals surface area contributed by atoms with Crippen LogP contribution in [0.15, 0.2) is 0 Å². The molecule has 0 aliphatic carbocycles. The monoisotopic (exact) mass is 474 g/mol. The fourth-order valence-corrected chi connectivity index (χ4v) is 6.43. The number of unbranched alkanes of at least 4 members (excludes halogenated alkanes) is 18. The van der Waals surface area contributed by atoms with Gasteiger partial charge in [0.05, 0.1) is 0 Å². The Hall–Kier alpha value is 0.170. The number of carbonyl (C=O) groups is 1. The van der Waals surface area contributed by atoms with E-state index in [4.69, 9.17) is 0 Å². The van der Waals surface area contributed by atoms with Crippen LogP contribution in [0.1, 0.15) is 149 Å². The minimum atomic E-state index is -0.668. The molecule has 0 aromatic carbocycles. The summed E-state index contributed by atoms with van der Waals surface area (Å²) >= 11 is 3.31. The molecule has 0 amide bonds. The van der Waals surface area contributed by atoms with Gasteiger partial charge in [-0.2, -0.15) is 0 Å². The van der Waals surface area contributed by atoms with E-state index in [-0.39, 0.29) is 0 Å². The van der Waals surface area contributed by atoms with Gasteiger partial charge in [0.1, 0.15) is 0 Å². The van der Waals surface area contributed by atoms with E-state index in [1.807, 2.05) is 6.92 Å². The van der Waals surface area contributed by atoms with Crippen molar-refractivity contribution in [1.82, 2.24) is 0 Å². The van der Waals surface area contributed by atoms with Gasteiger partial charge in [0.25, 0.3) is 0 Å². The molecule has 0 aromatic rings. The summed E-state index contributed by atoms with van der Waals surface area (Å²) in [4.78, 5) is 11.8. The molecule has 0 saturated carbocycles. The second kappa shape index (κ2) is 23.3. The van der Waals surface area contributed by atoms with E-state index >= 15 is 0 Å². The molecule has 0 aliphatic rings. The molecule has 0 radical (unpaired) electrons. The van der Waals surface area contributed by atoms with E-state index in [9.17, 15) is 9.90 Å². The van der Waals surface area contributed by atoms with Crippen molar-refractivity contribution >= 4 is 29.5 Å². The molecule has 0 heterocycles. The van der Waals surface area contributed by atoms with Gasteiger partial charge in [-0.3, -0.25) is 0 Å². The molecule has 0 unspecified atom stereocenters. The molecule has 0 fully saturated rings. The van der Waals surface area contributed by atoms with Gasteiger partial charge in [-0.05, 0) is 31.3 Å². The first-order chi connectivity index (χ1) is 15.1. The van der Waals surface area contributed by atoms with Crippen molar-refractivity contribution in [3.63, 3.8) is 0 Å². The van der Waals surface area contributed by atoms with Crippen LogP contribution in [0.3, 0.4) is 0 Å². The Balaban J connectivity index is 3.62. The maximum absolute atomic E-state index is 11.8. The van der Waals surface area contributed by atoms with Crippen molar-refractivity contribution in [3.8, 4) is 0 Å². The SMILES string of the molecule is CCCCCCCCCCCCSC(C)(SCCCCCCCCCCCC)C(=O)O. The molecule has 0 spiro atoms. The summed E-state index contributed by atoms with van der Waals surface area (Å²) in [7, 11) is 0. The molecule has 0 aliphatic heterocycles. The molecule has 0 atom stereocenters. The van der Waals surface area contributed by atoms with E-state index in [0.717, 1.165) is 24.3 Å². The predicted molar refractivity (Wildman–Crippen MR) is 145 cm³/mol. The molecule has 0 aromatic heterocycles. The molecular weight excluding hydrogens is 420 g/mol. The van der Waals surface area contributed by atoms with Gasteiger partial charge in [-0.15, -0.1) is 23.5 Å². The fourth-order valence-electron chi connectivity index (χ4n) is 3.88. The van der Waals surface area contributed by atoms with Crippen molar-refractivity contribution in [2.45, 2.75) is 153 Å². The first-order valence-electron chi connectivity index (χ1n) is 13.6. The molecule has 186 valence electrons. The lowest BCUT2D eigenvalue weighted by molar-refractivity contribution is -0.136. The highest BCUT2D eigenvalue weighted by Gasteiger charge is 2.33. The number of carboxylic acid groups (broad SMARTS) is 1. The zero-order chi connectivity index (χ0) is 23.0. The van der Waals surface area contributed by atoms with E-state index < -0.39 is 10.0 Å². The summed E-state index contributed by atoms with van der Waals surface area (Å²) in [5.41, 5.74) is 0. The lowest BCUT2D eigenvalue weighted by Crippen LogP contribution is -2.28. The van der Waals surface area contributed by atoms with Gasteiger partial charge in [-0.25, -0.2) is 4.79 Å². The highest BCUT2D eigenvalue weighted by atomic mass is 32.2. The quantitative estimate of drug-likeness (QED) is 0.105. The zero-order valence-corrected chi connectivity index (χ0v) is 22.9. The standard InChI is InChI=1S/C27H54O2S2/c1-4-6-8-10-12-14-16-18-20-22-24-30-27(3,26(28)29)31-25-23-21-19-17-15-13-11-9-7-5-2/h4-25H2,1-3H3,(H,28,29). The molecule has 0 rings (SSSR count). The minimum Gasteiger partial charge on any atom is -0.480 e. The van der Waals surface area contributed by atoms with Crippen molar-refractivity contribution in [2.75, 3.05) is 11.5 Å². The molecular formula is C27H54O2S2. The van der Waals surface area contributed by atoms with E-state index in [1.54, 1.807) is 23.5 Å². The number of carboxylic acids is 1. The zero-order valence-electron chi connectivity index (χ0n) is 21.2. The van der Waals surface area contributed by atoms with Crippen LogP contribution in [0, 0.1) is 0 Å². The Morgan fingerprint density at radius 2 is 0.806 bits per heavy atom. The van der Waals surface area contributed by atoms with Crippen LogP contribution in [0.4, 0.5) is 0 Å². The van der Waals surface area contributed by atoms with Gasteiger partial charge in [0.2, 0.25) is 0 Å². The number of hydrogen-bond donors (Lipinski definition) is 1. The summed E-state index contributed by atoms with van der Waals surface area (Å²) < 4.78 is -0.668. The number of thioether (sulfide) groups is 2. The smallest absolute Gasteiger partial charge is 0.329 e. The third kappa shape index (κ3) is 20.5. The normalized spacial score (nSPS) is 11.8. The number of aliphatic carboxylic acids is 1. The summed E-state index contributed by atoms with van der Waals surface area (Å²) in [6.45, 7) is 6.45. The fraction of sp³-hybridized carbons (Fsp3) is 0.963. The largest absolute Gasteiger partial charge is 0.480 e. The average Bonchev–Trinajstić information content (AvgIpc) is 2.75. The Labute approximate surface area is 203 Å². The molecule has 2 nitrogen and oxygen atoms in total. The maximum Gasteiger partial charge on any atom is 0.329 e. The Bertz CT molecular complexity index is 361. The molecule has 31 heavy (non-hydrogen) atoms. The van der Waals surface area contributed by atoms with Crippen molar-refractivity contribution < 1.29 is 9.90 Å². The Morgan fingerprint density at radius 3 is 1.06 bits per heavy atom. The molecule has 0 bridgehead atoms. The Kier molecular flexibility index (Phi) is 23.5. The van der Waals surface area contributed by atoms with Crippen molar-refractivity contribution in [2.24, 2.45) is 0 Å². The van der Waals surface area contributed by atoms with Crippen molar-refractivity contribution in [1.29, 1.82) is 0 Å². The van der Waals surface area contributed by atoms with Gasteiger partial charge in [0.15, 0.2) is 4.08 Å². The third-order valence-electron chi connectivity index (χ3n) is 6.14. The summed E-state index contributed by atoms with van der Waals surface area (Å²) in [6.07, 6.45) is 26.7. The summed E-state index contributed by atoms with van der Waals surface area (Å²) in [6, 6.07) is 0. The number of rotatable bonds is 25. The molecule has 0 saturated heterocycles. The second-order valence-electron chi connectivity index (χ2n) is 9.31. The van der Waals surface area contributed by atoms with E-state index in [0.29, 0.717) is 0 Å². The third-order valence-corrected chi connectivity index (χ3v) is 9.28. The summed E-state index contributed by atoms with van der Waals surface area (Å²) in [5, 5.41) is 9.71. The predicted octanol–water partition coefficient (Wildman–Crippen LogP) is 10.1. The summed E-state index contributed by atoms with van der Waals surface area (Å²) in [5.74, 6) is 1.30. The van der Waals surface area contributed by atoms with Crippen LogP contribution in [-0.2, 0) is 4.79 Å². The topological polar surface area (TPSA) is 37.3 Å². The highest BCUT2D eigenvalue weighted by Crippen LogP contribution is 2.38. The van der Waals surface area contributed by atoms with Gasteiger partial charge >= 0.3 is 5.97 Å². The van der Waals surface area contributed by atoms with Crippen LogP contribution in [-0.4, -0.2) is 26.7 Å². The van der Waals surface area contributed by atoms with Gasteiger partial charge < -0.3 is 5.11 Å². The van der Waals surface area contributed by atoms with Crippen LogP contribution in [0.25, 0.3) is 0 Å². The van der Waals surface area contributed by atoms with E-state index in [2.05, 4.69) is 13.8 Å². The first-order valence-corrected chi connectivity index (χ1v) is 15.5. The Morgan fingerprint density at radius 1 is 0.548 bits per heavy atom. The minimum absolute atomic E-state index is 0.651. The lowest BCUT2D eigenvalue weighted by Gasteiger charge is -2.23. The van der Waals surface area contributed by atoms with Crippen LogP contribution >= 0.6 is 23.5 Å². The molecule has 4 heteroatoms. The van der Waals surface area contributed by atoms with Crippen LogP contribution < -0.4 is 0 Å². The van der Waals surface area contributed by atoms with Gasteiger partial charge in [0, 0.05) is 0 Å². The average molecular weight is 475 g/mol. The number of hydrogen-bond acceptors (Lipinski definition) is 3. The van der Waals surface area contributed by atoms with Crippen LogP contribution in [0.5, 0.6) is 0 Å². The maximum atomic E-state index is 11.8. The van der Waals surface area contributed by atoms with E-state index in [1.165, 1.54) is 116 Å². The van der Waals surface area contributed by atoms with Crippen molar-refractivity contribution in [3.05, 3.63) is 0 Å². The highest BCUT2D eigenvalue weighted by molar-refractivity contribution is 8.19. The molecule has 1 N–H and O–H groups in total. The first kappa shape index (κ1) is 31.2.